The molecule has 0 heterocycles. The third-order valence-electron chi connectivity index (χ3n) is 3.94. The van der Waals surface area contributed by atoms with Crippen molar-refractivity contribution in [1.82, 2.24) is 10.6 Å². The van der Waals surface area contributed by atoms with Crippen LogP contribution in [0.25, 0.3) is 0 Å². The van der Waals surface area contributed by atoms with Gasteiger partial charge in [-0.3, -0.25) is 14.4 Å². The van der Waals surface area contributed by atoms with E-state index in [9.17, 15) is 19.5 Å². The number of carbonyl (C=O) groups is 3. The van der Waals surface area contributed by atoms with Gasteiger partial charge in [-0.1, -0.05) is 42.5 Å². The van der Waals surface area contributed by atoms with Crippen LogP contribution < -0.4 is 10.6 Å². The molecular weight excluding hydrogens is 332 g/mol. The SMILES string of the molecule is CC(=O)NCc1ccc(C(=O)NCC(Cc2ccccc2)C(=O)O)cc1. The average molecular weight is 354 g/mol. The average Bonchev–Trinajstić information content (AvgIpc) is 2.64. The summed E-state index contributed by atoms with van der Waals surface area (Å²) in [6.07, 6.45) is 0.353. The molecule has 0 aliphatic heterocycles. The molecule has 0 aliphatic rings. The fourth-order valence-corrected chi connectivity index (χ4v) is 2.46. The van der Waals surface area contributed by atoms with Gasteiger partial charge >= 0.3 is 5.97 Å². The topological polar surface area (TPSA) is 95.5 Å². The van der Waals surface area contributed by atoms with Crippen LogP contribution in [0.2, 0.25) is 0 Å². The molecule has 1 unspecified atom stereocenters. The summed E-state index contributed by atoms with van der Waals surface area (Å²) in [6.45, 7) is 1.89. The summed E-state index contributed by atoms with van der Waals surface area (Å²) in [5.74, 6) is -2.08. The lowest BCUT2D eigenvalue weighted by Gasteiger charge is -2.14. The fraction of sp³-hybridized carbons (Fsp3) is 0.250. The van der Waals surface area contributed by atoms with E-state index in [1.807, 2.05) is 30.3 Å². The van der Waals surface area contributed by atoms with Gasteiger partial charge in [0.25, 0.3) is 5.91 Å². The van der Waals surface area contributed by atoms with E-state index in [0.717, 1.165) is 11.1 Å². The van der Waals surface area contributed by atoms with E-state index in [2.05, 4.69) is 10.6 Å². The molecule has 0 radical (unpaired) electrons. The van der Waals surface area contributed by atoms with E-state index >= 15 is 0 Å². The van der Waals surface area contributed by atoms with Crippen molar-refractivity contribution in [3.63, 3.8) is 0 Å². The highest BCUT2D eigenvalue weighted by atomic mass is 16.4. The lowest BCUT2D eigenvalue weighted by atomic mass is 9.99. The predicted molar refractivity (Wildman–Crippen MR) is 97.6 cm³/mol. The highest BCUT2D eigenvalue weighted by Crippen LogP contribution is 2.09. The molecule has 0 aromatic heterocycles. The second-order valence-electron chi connectivity index (χ2n) is 6.04. The molecule has 136 valence electrons. The summed E-state index contributed by atoms with van der Waals surface area (Å²) in [7, 11) is 0. The smallest absolute Gasteiger partial charge is 0.308 e. The Kier molecular flexibility index (Phi) is 6.91. The van der Waals surface area contributed by atoms with Crippen molar-refractivity contribution in [1.29, 1.82) is 0 Å². The van der Waals surface area contributed by atoms with Crippen LogP contribution in [0.1, 0.15) is 28.4 Å². The van der Waals surface area contributed by atoms with Crippen LogP contribution in [0.4, 0.5) is 0 Å². The lowest BCUT2D eigenvalue weighted by molar-refractivity contribution is -0.141. The summed E-state index contributed by atoms with van der Waals surface area (Å²) in [4.78, 5) is 34.6. The lowest BCUT2D eigenvalue weighted by Crippen LogP contribution is -2.34. The molecule has 2 aromatic carbocycles. The summed E-state index contributed by atoms with van der Waals surface area (Å²) in [6, 6.07) is 16.1. The Morgan fingerprint density at radius 3 is 2.15 bits per heavy atom. The number of hydrogen-bond acceptors (Lipinski definition) is 3. The van der Waals surface area contributed by atoms with E-state index in [4.69, 9.17) is 0 Å². The second-order valence-corrected chi connectivity index (χ2v) is 6.04. The molecular formula is C20H22N2O4. The molecule has 0 saturated heterocycles. The minimum absolute atomic E-state index is 0.0523. The first-order valence-corrected chi connectivity index (χ1v) is 8.34. The normalized spacial score (nSPS) is 11.4. The van der Waals surface area contributed by atoms with E-state index in [1.165, 1.54) is 6.92 Å². The third kappa shape index (κ3) is 6.05. The standard InChI is InChI=1S/C20H22N2O4/c1-14(23)21-12-16-7-9-17(10-8-16)19(24)22-13-18(20(25)26)11-15-5-3-2-4-6-15/h2-10,18H,11-13H2,1H3,(H,21,23)(H,22,24)(H,25,26). The van der Waals surface area contributed by atoms with E-state index in [1.54, 1.807) is 24.3 Å². The second kappa shape index (κ2) is 9.36. The molecule has 3 N–H and O–H groups in total. The van der Waals surface area contributed by atoms with Crippen molar-refractivity contribution in [2.75, 3.05) is 6.54 Å². The summed E-state index contributed by atoms with van der Waals surface area (Å²) in [5.41, 5.74) is 2.24. The zero-order chi connectivity index (χ0) is 18.9. The van der Waals surface area contributed by atoms with Crippen LogP contribution in [0.5, 0.6) is 0 Å². The molecule has 2 rings (SSSR count). The summed E-state index contributed by atoms with van der Waals surface area (Å²) in [5, 5.41) is 14.7. The van der Waals surface area contributed by atoms with Gasteiger partial charge in [0.05, 0.1) is 5.92 Å². The highest BCUT2D eigenvalue weighted by Gasteiger charge is 2.19. The van der Waals surface area contributed by atoms with Crippen LogP contribution in [-0.4, -0.2) is 29.4 Å². The largest absolute Gasteiger partial charge is 0.481 e. The number of nitrogens with one attached hydrogen (secondary N) is 2. The van der Waals surface area contributed by atoms with Gasteiger partial charge in [0.15, 0.2) is 0 Å². The molecule has 26 heavy (non-hydrogen) atoms. The van der Waals surface area contributed by atoms with Gasteiger partial charge in [-0.15, -0.1) is 0 Å². The van der Waals surface area contributed by atoms with Crippen LogP contribution >= 0.6 is 0 Å². The zero-order valence-electron chi connectivity index (χ0n) is 14.6. The highest BCUT2D eigenvalue weighted by molar-refractivity contribution is 5.94. The van der Waals surface area contributed by atoms with Crippen LogP contribution in [-0.2, 0) is 22.6 Å². The molecule has 1 atom stereocenters. The molecule has 0 spiro atoms. The van der Waals surface area contributed by atoms with Crippen LogP contribution in [0.15, 0.2) is 54.6 Å². The minimum Gasteiger partial charge on any atom is -0.481 e. The maximum atomic E-state index is 12.2. The van der Waals surface area contributed by atoms with Gasteiger partial charge in [-0.25, -0.2) is 0 Å². The van der Waals surface area contributed by atoms with Gasteiger partial charge < -0.3 is 15.7 Å². The molecule has 2 aromatic rings. The Morgan fingerprint density at radius 2 is 1.58 bits per heavy atom. The quantitative estimate of drug-likeness (QED) is 0.676. The van der Waals surface area contributed by atoms with Gasteiger partial charge in [-0.05, 0) is 29.7 Å². The van der Waals surface area contributed by atoms with Gasteiger partial charge in [0.1, 0.15) is 0 Å². The van der Waals surface area contributed by atoms with E-state index in [-0.39, 0.29) is 18.4 Å². The van der Waals surface area contributed by atoms with Gasteiger partial charge in [-0.2, -0.15) is 0 Å². The monoisotopic (exact) mass is 354 g/mol. The first kappa shape index (κ1) is 19.2. The number of carboxylic acid groups (broad SMARTS) is 1. The maximum Gasteiger partial charge on any atom is 0.308 e. The number of hydrogen-bond donors (Lipinski definition) is 3. The first-order chi connectivity index (χ1) is 12.5. The maximum absolute atomic E-state index is 12.2. The molecule has 2 amide bonds. The fourth-order valence-electron chi connectivity index (χ4n) is 2.46. The first-order valence-electron chi connectivity index (χ1n) is 8.34. The number of rotatable bonds is 8. The van der Waals surface area contributed by atoms with Crippen LogP contribution in [0.3, 0.4) is 0 Å². The Bertz CT molecular complexity index is 757. The number of aliphatic carboxylic acids is 1. The summed E-state index contributed by atoms with van der Waals surface area (Å²) >= 11 is 0. The number of carboxylic acids is 1. The molecule has 0 fully saturated rings. The molecule has 0 saturated carbocycles. The molecule has 0 aliphatic carbocycles. The minimum atomic E-state index is -0.945. The van der Waals surface area contributed by atoms with Crippen LogP contribution in [0, 0.1) is 5.92 Å². The van der Waals surface area contributed by atoms with Crippen molar-refractivity contribution in [3.8, 4) is 0 Å². The Balaban J connectivity index is 1.91. The Hall–Kier alpha value is -3.15. The zero-order valence-corrected chi connectivity index (χ0v) is 14.6. The molecule has 6 heteroatoms. The van der Waals surface area contributed by atoms with Crippen molar-refractivity contribution in [2.45, 2.75) is 19.9 Å². The van der Waals surface area contributed by atoms with Crippen molar-refractivity contribution >= 4 is 17.8 Å². The number of benzene rings is 2. The molecule has 6 nitrogen and oxygen atoms in total. The Morgan fingerprint density at radius 1 is 0.923 bits per heavy atom. The van der Waals surface area contributed by atoms with Gasteiger partial charge in [0.2, 0.25) is 5.91 Å². The third-order valence-corrected chi connectivity index (χ3v) is 3.94. The van der Waals surface area contributed by atoms with Gasteiger partial charge in [0, 0.05) is 25.6 Å². The number of carbonyl (C=O) groups excluding carboxylic acids is 2. The van der Waals surface area contributed by atoms with Crippen molar-refractivity contribution in [3.05, 3.63) is 71.3 Å². The molecule has 0 bridgehead atoms. The van der Waals surface area contributed by atoms with E-state index in [0.29, 0.717) is 18.5 Å². The summed E-state index contributed by atoms with van der Waals surface area (Å²) < 4.78 is 0. The van der Waals surface area contributed by atoms with Crippen molar-refractivity contribution in [2.24, 2.45) is 5.92 Å². The Labute approximate surface area is 152 Å². The van der Waals surface area contributed by atoms with Crippen molar-refractivity contribution < 1.29 is 19.5 Å². The number of amides is 2. The predicted octanol–water partition coefficient (Wildman–Crippen LogP) is 2.00. The van der Waals surface area contributed by atoms with E-state index < -0.39 is 11.9 Å².